The van der Waals surface area contributed by atoms with E-state index < -0.39 is 0 Å². The first-order valence-corrected chi connectivity index (χ1v) is 7.39. The van der Waals surface area contributed by atoms with E-state index in [1.807, 2.05) is 24.3 Å². The van der Waals surface area contributed by atoms with Crippen LogP contribution in [-0.4, -0.2) is 20.2 Å². The third-order valence-corrected chi connectivity index (χ3v) is 3.45. The van der Waals surface area contributed by atoms with E-state index in [1.54, 1.807) is 12.4 Å². The van der Waals surface area contributed by atoms with Gasteiger partial charge in [0.1, 0.15) is 0 Å². The fourth-order valence-electron chi connectivity index (χ4n) is 2.25. The fraction of sp³-hybridized carbons (Fsp3) is 0.176. The summed E-state index contributed by atoms with van der Waals surface area (Å²) < 4.78 is 0. The molecule has 116 valence electrons. The van der Waals surface area contributed by atoms with Gasteiger partial charge in [-0.15, -0.1) is 5.10 Å². The highest BCUT2D eigenvalue weighted by molar-refractivity contribution is 5.64. The lowest BCUT2D eigenvalue weighted by molar-refractivity contribution is 0.934. The third kappa shape index (κ3) is 3.79. The second-order valence-electron chi connectivity index (χ2n) is 5.23. The summed E-state index contributed by atoms with van der Waals surface area (Å²) in [4.78, 5) is 8.69. The van der Waals surface area contributed by atoms with Gasteiger partial charge in [0.15, 0.2) is 5.82 Å². The number of hydrogen-bond acceptors (Lipinski definition) is 6. The highest BCUT2D eigenvalue weighted by atomic mass is 15.3. The normalized spacial score (nSPS) is 10.3. The maximum atomic E-state index is 4.44. The molecule has 0 saturated carbocycles. The van der Waals surface area contributed by atoms with Crippen molar-refractivity contribution in [3.63, 3.8) is 0 Å². The molecule has 0 aliphatic rings. The van der Waals surface area contributed by atoms with E-state index >= 15 is 0 Å². The van der Waals surface area contributed by atoms with Crippen LogP contribution in [0.3, 0.4) is 0 Å². The van der Waals surface area contributed by atoms with Crippen LogP contribution in [0, 0.1) is 13.8 Å². The van der Waals surface area contributed by atoms with Gasteiger partial charge in [-0.3, -0.25) is 4.98 Å². The molecule has 2 N–H and O–H groups in total. The Hall–Kier alpha value is -3.02. The van der Waals surface area contributed by atoms with Gasteiger partial charge in [0.25, 0.3) is 0 Å². The van der Waals surface area contributed by atoms with Crippen LogP contribution >= 0.6 is 0 Å². The zero-order valence-electron chi connectivity index (χ0n) is 13.1. The molecule has 0 radical (unpaired) electrons. The number of hydrogen-bond donors (Lipinski definition) is 2. The van der Waals surface area contributed by atoms with Gasteiger partial charge >= 0.3 is 0 Å². The molecule has 0 fully saturated rings. The van der Waals surface area contributed by atoms with Crippen LogP contribution in [0.15, 0.2) is 48.8 Å². The maximum absolute atomic E-state index is 4.44. The van der Waals surface area contributed by atoms with Crippen LogP contribution < -0.4 is 10.6 Å². The van der Waals surface area contributed by atoms with Crippen molar-refractivity contribution >= 4 is 17.5 Å². The number of nitrogens with zero attached hydrogens (tertiary/aromatic N) is 4. The quantitative estimate of drug-likeness (QED) is 0.753. The zero-order valence-corrected chi connectivity index (χ0v) is 13.1. The molecule has 0 spiro atoms. The standard InChI is InChI=1S/C17H18N6/c1-12-6-5-7-13(2)16(12)21-15-11-20-23-17(22-15)19-10-14-8-3-4-9-18-14/h3-9,11H,10H2,1-2H3,(H2,19,21,22,23). The highest BCUT2D eigenvalue weighted by Gasteiger charge is 2.05. The van der Waals surface area contributed by atoms with Crippen LogP contribution in [0.1, 0.15) is 16.8 Å². The van der Waals surface area contributed by atoms with Crippen molar-refractivity contribution in [3.8, 4) is 0 Å². The maximum Gasteiger partial charge on any atom is 0.245 e. The average molecular weight is 306 g/mol. The second-order valence-corrected chi connectivity index (χ2v) is 5.23. The molecule has 3 aromatic rings. The molecule has 0 amide bonds. The molecule has 0 unspecified atom stereocenters. The Labute approximate surface area is 135 Å². The van der Waals surface area contributed by atoms with E-state index in [0.29, 0.717) is 18.3 Å². The first-order chi connectivity index (χ1) is 11.2. The summed E-state index contributed by atoms with van der Waals surface area (Å²) in [6, 6.07) is 11.9. The molecule has 1 aromatic carbocycles. The summed E-state index contributed by atoms with van der Waals surface area (Å²) in [6.45, 7) is 4.67. The van der Waals surface area contributed by atoms with E-state index in [2.05, 4.69) is 56.8 Å². The molecule has 0 aliphatic carbocycles. The first kappa shape index (κ1) is 14.9. The van der Waals surface area contributed by atoms with E-state index in [4.69, 9.17) is 0 Å². The van der Waals surface area contributed by atoms with Crippen LogP contribution in [0.2, 0.25) is 0 Å². The minimum Gasteiger partial charge on any atom is -0.347 e. The number of benzene rings is 1. The third-order valence-electron chi connectivity index (χ3n) is 3.45. The number of rotatable bonds is 5. The number of aryl methyl sites for hydroxylation is 2. The van der Waals surface area contributed by atoms with Crippen LogP contribution in [0.5, 0.6) is 0 Å². The summed E-state index contributed by atoms with van der Waals surface area (Å²) >= 11 is 0. The zero-order chi connectivity index (χ0) is 16.1. The number of aromatic nitrogens is 4. The minimum atomic E-state index is 0.465. The summed E-state index contributed by atoms with van der Waals surface area (Å²) in [5.41, 5.74) is 4.28. The lowest BCUT2D eigenvalue weighted by atomic mass is 10.1. The summed E-state index contributed by atoms with van der Waals surface area (Å²) in [6.07, 6.45) is 3.37. The highest BCUT2D eigenvalue weighted by Crippen LogP contribution is 2.23. The number of anilines is 3. The Kier molecular flexibility index (Phi) is 4.42. The number of nitrogens with one attached hydrogen (secondary N) is 2. The molecule has 0 atom stereocenters. The van der Waals surface area contributed by atoms with Crippen molar-refractivity contribution in [2.75, 3.05) is 10.6 Å². The summed E-state index contributed by atoms with van der Waals surface area (Å²) in [5, 5.41) is 14.4. The predicted octanol–water partition coefficient (Wildman–Crippen LogP) is 3.24. The first-order valence-electron chi connectivity index (χ1n) is 7.39. The van der Waals surface area contributed by atoms with E-state index in [1.165, 1.54) is 0 Å². The number of pyridine rings is 1. The molecular formula is C17H18N6. The van der Waals surface area contributed by atoms with Crippen LogP contribution in [0.4, 0.5) is 17.5 Å². The molecule has 6 heteroatoms. The van der Waals surface area contributed by atoms with E-state index in [-0.39, 0.29) is 0 Å². The monoisotopic (exact) mass is 306 g/mol. The lowest BCUT2D eigenvalue weighted by Crippen LogP contribution is -2.07. The lowest BCUT2D eigenvalue weighted by Gasteiger charge is -2.12. The fourth-order valence-corrected chi connectivity index (χ4v) is 2.25. The van der Waals surface area contributed by atoms with Gasteiger partial charge in [-0.2, -0.15) is 10.1 Å². The van der Waals surface area contributed by atoms with E-state index in [9.17, 15) is 0 Å². The summed E-state index contributed by atoms with van der Waals surface area (Å²) in [5.74, 6) is 1.12. The molecule has 0 saturated heterocycles. The van der Waals surface area contributed by atoms with Gasteiger partial charge in [0, 0.05) is 11.9 Å². The topological polar surface area (TPSA) is 75.6 Å². The molecule has 0 bridgehead atoms. The molecular weight excluding hydrogens is 288 g/mol. The van der Waals surface area contributed by atoms with Gasteiger partial charge in [0.2, 0.25) is 5.95 Å². The Morgan fingerprint density at radius 1 is 1.00 bits per heavy atom. The molecule has 2 aromatic heterocycles. The largest absolute Gasteiger partial charge is 0.347 e. The minimum absolute atomic E-state index is 0.465. The van der Waals surface area contributed by atoms with Crippen molar-refractivity contribution in [2.45, 2.75) is 20.4 Å². The summed E-state index contributed by atoms with van der Waals surface area (Å²) in [7, 11) is 0. The van der Waals surface area contributed by atoms with E-state index in [0.717, 1.165) is 22.5 Å². The van der Waals surface area contributed by atoms with Gasteiger partial charge in [-0.05, 0) is 37.1 Å². The molecule has 0 aliphatic heterocycles. The van der Waals surface area contributed by atoms with Crippen LogP contribution in [-0.2, 0) is 6.54 Å². The van der Waals surface area contributed by atoms with Crippen molar-refractivity contribution in [3.05, 3.63) is 65.6 Å². The molecule has 6 nitrogen and oxygen atoms in total. The Bertz CT molecular complexity index is 768. The van der Waals surface area contributed by atoms with Crippen LogP contribution in [0.25, 0.3) is 0 Å². The average Bonchev–Trinajstić information content (AvgIpc) is 2.58. The SMILES string of the molecule is Cc1cccc(C)c1Nc1cnnc(NCc2ccccn2)n1. The van der Waals surface area contributed by atoms with Crippen molar-refractivity contribution in [1.82, 2.24) is 20.2 Å². The van der Waals surface area contributed by atoms with Crippen molar-refractivity contribution < 1.29 is 0 Å². The number of para-hydroxylation sites is 1. The van der Waals surface area contributed by atoms with Gasteiger partial charge in [0.05, 0.1) is 18.4 Å². The van der Waals surface area contributed by atoms with Gasteiger partial charge in [-0.1, -0.05) is 24.3 Å². The molecule has 23 heavy (non-hydrogen) atoms. The Morgan fingerprint density at radius 2 is 1.83 bits per heavy atom. The second kappa shape index (κ2) is 6.83. The predicted molar refractivity (Wildman–Crippen MR) is 90.6 cm³/mol. The Balaban J connectivity index is 1.72. The van der Waals surface area contributed by atoms with Gasteiger partial charge < -0.3 is 10.6 Å². The Morgan fingerprint density at radius 3 is 2.57 bits per heavy atom. The van der Waals surface area contributed by atoms with Crippen molar-refractivity contribution in [1.29, 1.82) is 0 Å². The van der Waals surface area contributed by atoms with Gasteiger partial charge in [-0.25, -0.2) is 0 Å². The molecule has 3 rings (SSSR count). The molecule has 2 heterocycles. The van der Waals surface area contributed by atoms with Crippen molar-refractivity contribution in [2.24, 2.45) is 0 Å². The smallest absolute Gasteiger partial charge is 0.245 e.